The summed E-state index contributed by atoms with van der Waals surface area (Å²) in [4.78, 5) is 11.8. The largest absolute Gasteiger partial charge is 0.403 e. The molecule has 3 aromatic rings. The minimum Gasteiger partial charge on any atom is -0.403 e. The van der Waals surface area contributed by atoms with E-state index < -0.39 is 0 Å². The van der Waals surface area contributed by atoms with Crippen LogP contribution in [0.15, 0.2) is 51.6 Å². The first-order valence-electron chi connectivity index (χ1n) is 6.51. The van der Waals surface area contributed by atoms with Gasteiger partial charge in [-0.1, -0.05) is 35.4 Å². The van der Waals surface area contributed by atoms with Gasteiger partial charge in [0, 0.05) is 17.4 Å². The molecule has 1 amide bonds. The van der Waals surface area contributed by atoms with E-state index in [1.807, 2.05) is 47.2 Å². The van der Waals surface area contributed by atoms with Crippen molar-refractivity contribution in [1.29, 1.82) is 0 Å². The number of thiophene rings is 1. The van der Waals surface area contributed by atoms with Gasteiger partial charge in [-0.3, -0.25) is 10.1 Å². The number of benzene rings is 1. The monoisotopic (exact) mass is 299 g/mol. The highest BCUT2D eigenvalue weighted by atomic mass is 32.1. The number of rotatable bonds is 5. The van der Waals surface area contributed by atoms with Crippen LogP contribution in [0.1, 0.15) is 12.0 Å². The van der Waals surface area contributed by atoms with Crippen LogP contribution in [-0.2, 0) is 11.2 Å². The number of anilines is 1. The van der Waals surface area contributed by atoms with Gasteiger partial charge < -0.3 is 4.42 Å². The second kappa shape index (κ2) is 6.32. The van der Waals surface area contributed by atoms with E-state index in [-0.39, 0.29) is 11.9 Å². The summed E-state index contributed by atoms with van der Waals surface area (Å²) in [6.45, 7) is 0. The zero-order valence-electron chi connectivity index (χ0n) is 11.2. The Kier molecular flexibility index (Phi) is 4.07. The van der Waals surface area contributed by atoms with Gasteiger partial charge in [-0.25, -0.2) is 0 Å². The summed E-state index contributed by atoms with van der Waals surface area (Å²) in [5.41, 5.74) is 1.98. The van der Waals surface area contributed by atoms with E-state index in [4.69, 9.17) is 4.42 Å². The predicted molar refractivity (Wildman–Crippen MR) is 81.0 cm³/mol. The third kappa shape index (κ3) is 3.55. The number of hydrogen-bond donors (Lipinski definition) is 1. The quantitative estimate of drug-likeness (QED) is 0.784. The van der Waals surface area contributed by atoms with Gasteiger partial charge in [0.05, 0.1) is 0 Å². The SMILES string of the molecule is O=C(CCc1ccccc1)Nc1nnc(-c2ccsc2)o1. The summed E-state index contributed by atoms with van der Waals surface area (Å²) in [5, 5.41) is 14.2. The Balaban J connectivity index is 1.55. The number of aromatic nitrogens is 2. The molecule has 0 bridgehead atoms. The molecule has 106 valence electrons. The lowest BCUT2D eigenvalue weighted by Gasteiger charge is -2.01. The van der Waals surface area contributed by atoms with Gasteiger partial charge in [-0.05, 0) is 23.4 Å². The molecule has 0 spiro atoms. The van der Waals surface area contributed by atoms with Crippen LogP contribution in [0.3, 0.4) is 0 Å². The lowest BCUT2D eigenvalue weighted by atomic mass is 10.1. The molecule has 5 nitrogen and oxygen atoms in total. The maximum Gasteiger partial charge on any atom is 0.322 e. The molecular formula is C15H13N3O2S. The maximum absolute atomic E-state index is 11.8. The smallest absolute Gasteiger partial charge is 0.322 e. The standard InChI is InChI=1S/C15H13N3O2S/c19-13(7-6-11-4-2-1-3-5-11)16-15-18-17-14(20-15)12-8-9-21-10-12/h1-5,8-10H,6-7H2,(H,16,18,19). The molecule has 3 rings (SSSR count). The van der Waals surface area contributed by atoms with Crippen LogP contribution in [0.2, 0.25) is 0 Å². The zero-order valence-corrected chi connectivity index (χ0v) is 12.0. The van der Waals surface area contributed by atoms with Crippen molar-refractivity contribution in [3.05, 3.63) is 52.7 Å². The molecule has 0 unspecified atom stereocenters. The third-order valence-corrected chi connectivity index (χ3v) is 3.61. The van der Waals surface area contributed by atoms with Crippen molar-refractivity contribution in [3.63, 3.8) is 0 Å². The van der Waals surface area contributed by atoms with Gasteiger partial charge in [0.1, 0.15) is 0 Å². The highest BCUT2D eigenvalue weighted by Crippen LogP contribution is 2.22. The zero-order chi connectivity index (χ0) is 14.5. The molecule has 2 aromatic heterocycles. The minimum absolute atomic E-state index is 0.134. The molecule has 0 radical (unpaired) electrons. The van der Waals surface area contributed by atoms with Crippen LogP contribution in [0.4, 0.5) is 6.01 Å². The van der Waals surface area contributed by atoms with Gasteiger partial charge in [0.25, 0.3) is 5.89 Å². The van der Waals surface area contributed by atoms with Gasteiger partial charge >= 0.3 is 6.01 Å². The van der Waals surface area contributed by atoms with Crippen LogP contribution in [0, 0.1) is 0 Å². The minimum atomic E-state index is -0.139. The number of carbonyl (C=O) groups is 1. The topological polar surface area (TPSA) is 68.0 Å². The molecule has 0 fully saturated rings. The van der Waals surface area contributed by atoms with Crippen molar-refractivity contribution < 1.29 is 9.21 Å². The lowest BCUT2D eigenvalue weighted by Crippen LogP contribution is -2.12. The summed E-state index contributed by atoms with van der Waals surface area (Å²) in [7, 11) is 0. The Morgan fingerprint density at radius 2 is 2.05 bits per heavy atom. The molecule has 0 aliphatic carbocycles. The maximum atomic E-state index is 11.8. The van der Waals surface area contributed by atoms with Crippen molar-refractivity contribution in [1.82, 2.24) is 10.2 Å². The number of hydrogen-bond acceptors (Lipinski definition) is 5. The van der Waals surface area contributed by atoms with Crippen LogP contribution in [0.25, 0.3) is 11.5 Å². The summed E-state index contributed by atoms with van der Waals surface area (Å²) >= 11 is 1.55. The van der Waals surface area contributed by atoms with Gasteiger partial charge in [0.2, 0.25) is 5.91 Å². The first kappa shape index (κ1) is 13.5. The molecular weight excluding hydrogens is 286 g/mol. The van der Waals surface area contributed by atoms with Crippen LogP contribution in [-0.4, -0.2) is 16.1 Å². The number of carbonyl (C=O) groups excluding carboxylic acids is 1. The molecule has 21 heavy (non-hydrogen) atoms. The molecule has 2 heterocycles. The first-order valence-corrected chi connectivity index (χ1v) is 7.45. The van der Waals surface area contributed by atoms with E-state index in [2.05, 4.69) is 15.5 Å². The number of aryl methyl sites for hydroxylation is 1. The average molecular weight is 299 g/mol. The van der Waals surface area contributed by atoms with Gasteiger partial charge in [-0.15, -0.1) is 5.10 Å². The Morgan fingerprint density at radius 1 is 1.19 bits per heavy atom. The first-order chi connectivity index (χ1) is 10.3. The summed E-state index contributed by atoms with van der Waals surface area (Å²) in [5.74, 6) is 0.272. The van der Waals surface area contributed by atoms with Gasteiger partial charge in [-0.2, -0.15) is 11.3 Å². The molecule has 1 N–H and O–H groups in total. The van der Waals surface area contributed by atoms with Crippen molar-refractivity contribution in [2.45, 2.75) is 12.8 Å². The van der Waals surface area contributed by atoms with Crippen molar-refractivity contribution in [3.8, 4) is 11.5 Å². The Bertz CT molecular complexity index is 708. The van der Waals surface area contributed by atoms with Crippen molar-refractivity contribution in [2.75, 3.05) is 5.32 Å². The normalized spacial score (nSPS) is 10.5. The van der Waals surface area contributed by atoms with E-state index in [1.165, 1.54) is 0 Å². The van der Waals surface area contributed by atoms with E-state index in [0.717, 1.165) is 11.1 Å². The summed E-state index contributed by atoms with van der Waals surface area (Å²) < 4.78 is 5.40. The van der Waals surface area contributed by atoms with Crippen LogP contribution >= 0.6 is 11.3 Å². The van der Waals surface area contributed by atoms with E-state index in [1.54, 1.807) is 11.3 Å². The fourth-order valence-corrected chi connectivity index (χ4v) is 2.49. The number of amides is 1. The Hall–Kier alpha value is -2.47. The molecule has 0 saturated carbocycles. The fraction of sp³-hybridized carbons (Fsp3) is 0.133. The summed E-state index contributed by atoms with van der Waals surface area (Å²) in [6, 6.07) is 11.9. The molecule has 0 saturated heterocycles. The molecule has 6 heteroatoms. The van der Waals surface area contributed by atoms with E-state index in [0.29, 0.717) is 18.7 Å². The highest BCUT2D eigenvalue weighted by molar-refractivity contribution is 7.08. The molecule has 0 aliphatic heterocycles. The van der Waals surface area contributed by atoms with Gasteiger partial charge in [0.15, 0.2) is 0 Å². The van der Waals surface area contributed by atoms with E-state index >= 15 is 0 Å². The highest BCUT2D eigenvalue weighted by Gasteiger charge is 2.11. The Morgan fingerprint density at radius 3 is 2.81 bits per heavy atom. The lowest BCUT2D eigenvalue weighted by molar-refractivity contribution is -0.116. The number of nitrogens with zero attached hydrogens (tertiary/aromatic N) is 2. The van der Waals surface area contributed by atoms with Crippen molar-refractivity contribution in [2.24, 2.45) is 0 Å². The van der Waals surface area contributed by atoms with Crippen LogP contribution < -0.4 is 5.32 Å². The van der Waals surface area contributed by atoms with Crippen molar-refractivity contribution >= 4 is 23.3 Å². The summed E-state index contributed by atoms with van der Waals surface area (Å²) in [6.07, 6.45) is 1.05. The average Bonchev–Trinajstić information content (AvgIpc) is 3.17. The third-order valence-electron chi connectivity index (χ3n) is 2.92. The Labute approximate surface area is 125 Å². The molecule has 0 atom stereocenters. The van der Waals surface area contributed by atoms with Crippen LogP contribution in [0.5, 0.6) is 0 Å². The molecule has 1 aromatic carbocycles. The molecule has 0 aliphatic rings. The number of nitrogens with one attached hydrogen (secondary N) is 1. The van der Waals surface area contributed by atoms with E-state index in [9.17, 15) is 4.79 Å². The fourth-order valence-electron chi connectivity index (χ4n) is 1.86. The predicted octanol–water partition coefficient (Wildman–Crippen LogP) is 3.37. The second-order valence-corrected chi connectivity index (χ2v) is 5.24. The second-order valence-electron chi connectivity index (χ2n) is 4.46.